The molecule has 0 rings (SSSR count). The minimum atomic E-state index is -5.02. The molecule has 17 nitrogen and oxygen atoms in total. The highest BCUT2D eigenvalue weighted by molar-refractivity contribution is 7.47. The molecule has 0 heterocycles. The molecule has 574 valence electrons. The molecule has 0 aromatic heterocycles. The van der Waals surface area contributed by atoms with E-state index in [2.05, 4.69) is 180 Å². The lowest BCUT2D eigenvalue weighted by molar-refractivity contribution is -0.161. The average molecular weight is 1460 g/mol. The van der Waals surface area contributed by atoms with Crippen molar-refractivity contribution < 1.29 is 80.2 Å². The van der Waals surface area contributed by atoms with Crippen molar-refractivity contribution in [3.05, 3.63) is 194 Å². The van der Waals surface area contributed by atoms with Gasteiger partial charge in [0.15, 0.2) is 12.2 Å². The van der Waals surface area contributed by atoms with Crippen LogP contribution in [0.25, 0.3) is 0 Å². The van der Waals surface area contributed by atoms with E-state index in [1.54, 1.807) is 6.08 Å². The molecule has 0 aliphatic carbocycles. The summed E-state index contributed by atoms with van der Waals surface area (Å²) in [5.41, 5.74) is 0. The molecule has 0 aliphatic heterocycles. The highest BCUT2D eigenvalue weighted by Crippen LogP contribution is 2.45. The van der Waals surface area contributed by atoms with Crippen LogP contribution >= 0.6 is 15.6 Å². The van der Waals surface area contributed by atoms with Gasteiger partial charge in [-0.3, -0.25) is 37.3 Å². The predicted molar refractivity (Wildman–Crippen MR) is 417 cm³/mol. The predicted octanol–water partition coefficient (Wildman–Crippen LogP) is 21.8. The van der Waals surface area contributed by atoms with E-state index in [1.165, 1.54) is 19.3 Å². The van der Waals surface area contributed by atoms with E-state index >= 15 is 0 Å². The van der Waals surface area contributed by atoms with Gasteiger partial charge in [-0.2, -0.15) is 0 Å². The molecule has 5 unspecified atom stereocenters. The van der Waals surface area contributed by atoms with Gasteiger partial charge in [0, 0.05) is 19.3 Å². The largest absolute Gasteiger partial charge is 0.472 e. The number of esters is 4. The molecule has 0 aromatic rings. The minimum absolute atomic E-state index is 0.0135. The first-order chi connectivity index (χ1) is 49.7. The Labute approximate surface area is 615 Å². The van der Waals surface area contributed by atoms with Crippen molar-refractivity contribution in [3.63, 3.8) is 0 Å². The Morgan fingerprint density at radius 3 is 0.922 bits per heavy atom. The van der Waals surface area contributed by atoms with Gasteiger partial charge < -0.3 is 33.8 Å². The van der Waals surface area contributed by atoms with E-state index in [-0.39, 0.29) is 25.7 Å². The fraction of sp³-hybridized carbons (Fsp3) is 0.566. The van der Waals surface area contributed by atoms with Crippen LogP contribution in [-0.2, 0) is 65.4 Å². The van der Waals surface area contributed by atoms with Crippen LogP contribution in [0.1, 0.15) is 246 Å². The summed E-state index contributed by atoms with van der Waals surface area (Å²) >= 11 is 0. The maximum Gasteiger partial charge on any atom is 0.472 e. The Morgan fingerprint density at radius 2 is 0.559 bits per heavy atom. The molecule has 102 heavy (non-hydrogen) atoms. The molecule has 0 amide bonds. The van der Waals surface area contributed by atoms with Crippen molar-refractivity contribution in [2.75, 3.05) is 39.6 Å². The summed E-state index contributed by atoms with van der Waals surface area (Å²) in [6.45, 7) is 4.21. The lowest BCUT2D eigenvalue weighted by Crippen LogP contribution is -2.30. The first kappa shape index (κ1) is 95.9. The van der Waals surface area contributed by atoms with Gasteiger partial charge in [-0.15, -0.1) is 0 Å². The number of phosphoric ester groups is 2. The van der Waals surface area contributed by atoms with Gasteiger partial charge >= 0.3 is 39.5 Å². The van der Waals surface area contributed by atoms with Crippen LogP contribution in [0.15, 0.2) is 194 Å². The van der Waals surface area contributed by atoms with Crippen LogP contribution < -0.4 is 0 Å². The van der Waals surface area contributed by atoms with E-state index in [1.807, 2.05) is 36.5 Å². The summed E-state index contributed by atoms with van der Waals surface area (Å²) in [4.78, 5) is 72.8. The summed E-state index contributed by atoms with van der Waals surface area (Å²) in [6, 6.07) is 0. The fourth-order valence-electron chi connectivity index (χ4n) is 8.94. The molecule has 5 atom stereocenters. The van der Waals surface area contributed by atoms with Crippen LogP contribution in [0, 0.1) is 0 Å². The Morgan fingerprint density at radius 1 is 0.294 bits per heavy atom. The van der Waals surface area contributed by atoms with Crippen molar-refractivity contribution in [2.45, 2.75) is 264 Å². The van der Waals surface area contributed by atoms with Crippen LogP contribution in [0.4, 0.5) is 0 Å². The van der Waals surface area contributed by atoms with Crippen LogP contribution in [0.3, 0.4) is 0 Å². The molecule has 19 heteroatoms. The smallest absolute Gasteiger partial charge is 0.462 e. The van der Waals surface area contributed by atoms with Crippen molar-refractivity contribution in [2.24, 2.45) is 0 Å². The number of aliphatic hydroxyl groups excluding tert-OH is 1. The number of hydrogen-bond acceptors (Lipinski definition) is 15. The molecule has 0 radical (unpaired) electrons. The van der Waals surface area contributed by atoms with Gasteiger partial charge in [0.05, 0.1) is 32.8 Å². The van der Waals surface area contributed by atoms with E-state index in [0.717, 1.165) is 135 Å². The first-order valence-corrected chi connectivity index (χ1v) is 40.7. The fourth-order valence-corrected chi connectivity index (χ4v) is 10.5. The molecular weight excluding hydrogens is 1330 g/mol. The number of carbonyl (C=O) groups is 4. The molecule has 0 bridgehead atoms. The van der Waals surface area contributed by atoms with Crippen LogP contribution in [0.2, 0.25) is 0 Å². The Bertz CT molecular complexity index is 2700. The third-order valence-electron chi connectivity index (χ3n) is 14.6. The van der Waals surface area contributed by atoms with Crippen molar-refractivity contribution in [1.82, 2.24) is 0 Å². The second kappa shape index (κ2) is 73.2. The second-order valence-corrected chi connectivity index (χ2v) is 27.0. The zero-order valence-corrected chi connectivity index (χ0v) is 64.2. The molecule has 0 spiro atoms. The van der Waals surface area contributed by atoms with Gasteiger partial charge in [0.1, 0.15) is 19.3 Å². The Hall–Kier alpha value is -6.10. The topological polar surface area (TPSA) is 237 Å². The summed E-state index contributed by atoms with van der Waals surface area (Å²) < 4.78 is 68.2. The number of unbranched alkanes of at least 4 members (excludes halogenated alkanes) is 11. The van der Waals surface area contributed by atoms with Crippen molar-refractivity contribution >= 4 is 39.5 Å². The number of rotatable bonds is 68. The van der Waals surface area contributed by atoms with Crippen molar-refractivity contribution in [3.8, 4) is 0 Å². The molecular formula is C83H130O17P2. The van der Waals surface area contributed by atoms with Gasteiger partial charge in [-0.05, 0) is 161 Å². The molecule has 3 N–H and O–H groups in total. The normalized spacial score (nSPS) is 15.0. The van der Waals surface area contributed by atoms with E-state index in [4.69, 9.17) is 37.0 Å². The zero-order valence-electron chi connectivity index (χ0n) is 62.4. The highest BCUT2D eigenvalue weighted by atomic mass is 31.2. The Balaban J connectivity index is 5.55. The SMILES string of the molecule is CC/C=C\C/C=C\C/C=C\C/C=C\C/C=C\CCCC(=O)OCC(COP(=O)(O)OCC(O)COP(=O)(O)OCC(COC(=O)C/C=C\C/C=C\C/C=C\C/C=C\C/C=C\CC)OC(=O)CCCC/C=C\C/C=C\C/C=C\C/C=C\CC)OC(=O)CCCCCCC/C=C\C/C=C\CCCCC. The number of phosphoric acid groups is 2. The number of hydrogen-bond donors (Lipinski definition) is 3. The molecule has 0 fully saturated rings. The van der Waals surface area contributed by atoms with Crippen LogP contribution in [-0.4, -0.2) is 96.7 Å². The van der Waals surface area contributed by atoms with E-state index in [0.29, 0.717) is 38.5 Å². The summed E-state index contributed by atoms with van der Waals surface area (Å²) in [7, 11) is -10.0. The number of allylic oxidation sites excluding steroid dienone is 31. The maximum atomic E-state index is 13.1. The summed E-state index contributed by atoms with van der Waals surface area (Å²) in [5, 5.41) is 10.6. The molecule has 0 aromatic carbocycles. The average Bonchev–Trinajstić information content (AvgIpc) is 0.923. The summed E-state index contributed by atoms with van der Waals surface area (Å²) in [6.07, 6.45) is 89.0. The molecule has 0 saturated heterocycles. The zero-order chi connectivity index (χ0) is 74.6. The molecule has 0 aliphatic rings. The lowest BCUT2D eigenvalue weighted by atomic mass is 10.1. The molecule has 0 saturated carbocycles. The number of ether oxygens (including phenoxy) is 4. The van der Waals surface area contributed by atoms with E-state index in [9.17, 15) is 43.2 Å². The van der Waals surface area contributed by atoms with Crippen molar-refractivity contribution in [1.29, 1.82) is 0 Å². The van der Waals surface area contributed by atoms with Gasteiger partial charge in [0.25, 0.3) is 0 Å². The van der Waals surface area contributed by atoms with E-state index < -0.39 is 97.5 Å². The van der Waals surface area contributed by atoms with Gasteiger partial charge in [-0.1, -0.05) is 254 Å². The number of carbonyl (C=O) groups excluding carboxylic acids is 4. The first-order valence-electron chi connectivity index (χ1n) is 37.7. The Kier molecular flexibility index (Phi) is 68.8. The second-order valence-electron chi connectivity index (χ2n) is 24.1. The maximum absolute atomic E-state index is 13.1. The summed E-state index contributed by atoms with van der Waals surface area (Å²) in [5.74, 6) is -2.48. The number of aliphatic hydroxyl groups is 1. The quantitative estimate of drug-likeness (QED) is 0.0169. The lowest BCUT2D eigenvalue weighted by Gasteiger charge is -2.21. The highest BCUT2D eigenvalue weighted by Gasteiger charge is 2.30. The third-order valence-corrected chi connectivity index (χ3v) is 16.5. The minimum Gasteiger partial charge on any atom is -0.462 e. The monoisotopic (exact) mass is 1460 g/mol. The van der Waals surface area contributed by atoms with Crippen LogP contribution in [0.5, 0.6) is 0 Å². The van der Waals surface area contributed by atoms with Gasteiger partial charge in [0.2, 0.25) is 0 Å². The third kappa shape index (κ3) is 72.3. The van der Waals surface area contributed by atoms with Gasteiger partial charge in [-0.25, -0.2) is 9.13 Å². The standard InChI is InChI=1S/C83H130O17P2/c1-5-9-13-17-21-25-29-33-37-38-42-44-48-52-56-60-64-68-81(86)94-74-79(100-83(88)70-66-62-58-54-50-46-41-36-32-28-24-20-16-12-8-4)76-98-102(91,92)96-72-77(84)71-95-101(89,90)97-75-78(99-82(87)69-65-61-57-53-49-45-40-35-31-27-23-19-15-11-7-3)73-93-80(85)67-63-59-55-51-47-43-39-34-30-26-22-18-14-10-6-2/h9-11,13-15,21-28,33-37,39-42,44,47,49,51-53,56,59,63,77-79,84H,5-8,12,16-20,29-32,38,43,45-46,48,50,54-55,57-58,60-62,64-76H2,1-4H3,(H,89,90)(H,91,92)/b13-9-,14-10-,15-11-,25-21-,26-22-,27-23-,28-24-,37-33-,39-34-,40-35-,41-36-,44-42-,51-47-,53-49-,56-52-,63-59-.